The fourth-order valence-corrected chi connectivity index (χ4v) is 4.13. The van der Waals surface area contributed by atoms with Crippen LogP contribution in [0.1, 0.15) is 47.4 Å². The van der Waals surface area contributed by atoms with Crippen LogP contribution in [0.4, 0.5) is 0 Å². The molecular weight excluding hydrogens is 352 g/mol. The van der Waals surface area contributed by atoms with E-state index in [9.17, 15) is 9.59 Å². The van der Waals surface area contributed by atoms with Crippen molar-refractivity contribution in [1.29, 1.82) is 0 Å². The van der Waals surface area contributed by atoms with Crippen LogP contribution in [0.25, 0.3) is 0 Å². The number of hydrogen-bond donors (Lipinski definition) is 0. The minimum Gasteiger partial charge on any atom is -0.336 e. The van der Waals surface area contributed by atoms with Crippen LogP contribution < -0.4 is 0 Å². The zero-order chi connectivity index (χ0) is 19.9. The number of benzene rings is 1. The van der Waals surface area contributed by atoms with Gasteiger partial charge >= 0.3 is 0 Å². The fraction of sp³-hybridized carbons (Fsp3) is 0.636. The van der Waals surface area contributed by atoms with Crippen LogP contribution in [0.2, 0.25) is 0 Å². The second kappa shape index (κ2) is 10.0. The smallest absolute Gasteiger partial charge is 0.253 e. The summed E-state index contributed by atoms with van der Waals surface area (Å²) in [6.07, 6.45) is 2.29. The van der Waals surface area contributed by atoms with Gasteiger partial charge in [0.05, 0.1) is 0 Å². The highest BCUT2D eigenvalue weighted by Crippen LogP contribution is 2.14. The van der Waals surface area contributed by atoms with Crippen LogP contribution >= 0.6 is 0 Å². The lowest BCUT2D eigenvalue weighted by molar-refractivity contribution is 0.0635. The minimum atomic E-state index is 0.0403. The Morgan fingerprint density at radius 1 is 0.714 bits per heavy atom. The highest BCUT2D eigenvalue weighted by atomic mass is 16.2. The van der Waals surface area contributed by atoms with Gasteiger partial charge in [0.1, 0.15) is 0 Å². The molecule has 2 fully saturated rings. The average Bonchev–Trinajstić information content (AvgIpc) is 2.74. The summed E-state index contributed by atoms with van der Waals surface area (Å²) in [5, 5.41) is 0. The van der Waals surface area contributed by atoms with E-state index in [4.69, 9.17) is 0 Å². The molecule has 0 atom stereocenters. The van der Waals surface area contributed by atoms with E-state index >= 15 is 0 Å². The average molecular weight is 387 g/mol. The lowest BCUT2D eigenvalue weighted by Crippen LogP contribution is -2.49. The Hall–Kier alpha value is -1.92. The predicted molar refractivity (Wildman–Crippen MR) is 112 cm³/mol. The zero-order valence-corrected chi connectivity index (χ0v) is 17.4. The van der Waals surface area contributed by atoms with Crippen molar-refractivity contribution in [2.24, 2.45) is 0 Å². The number of carbonyl (C=O) groups excluding carboxylic acids is 2. The molecule has 0 N–H and O–H groups in total. The Kier molecular flexibility index (Phi) is 7.45. The molecule has 3 rings (SSSR count). The van der Waals surface area contributed by atoms with Crippen LogP contribution in [0, 0.1) is 0 Å². The molecule has 6 nitrogen and oxygen atoms in total. The third-order valence-electron chi connectivity index (χ3n) is 5.76. The first kappa shape index (κ1) is 20.8. The number of nitrogens with zero attached hydrogens (tertiary/aromatic N) is 4. The van der Waals surface area contributed by atoms with E-state index in [1.54, 1.807) is 6.07 Å². The van der Waals surface area contributed by atoms with Gasteiger partial charge < -0.3 is 9.80 Å². The van der Waals surface area contributed by atoms with E-state index in [1.807, 2.05) is 28.0 Å². The van der Waals surface area contributed by atoms with Crippen molar-refractivity contribution in [3.8, 4) is 0 Å². The Bertz CT molecular complexity index is 609. The first-order valence-electron chi connectivity index (χ1n) is 10.8. The van der Waals surface area contributed by atoms with Crippen molar-refractivity contribution in [3.63, 3.8) is 0 Å². The van der Waals surface area contributed by atoms with Crippen molar-refractivity contribution in [1.82, 2.24) is 19.6 Å². The third kappa shape index (κ3) is 5.11. The molecule has 0 unspecified atom stereocenters. The lowest BCUT2D eigenvalue weighted by Gasteiger charge is -2.35. The van der Waals surface area contributed by atoms with Gasteiger partial charge in [-0.1, -0.05) is 19.9 Å². The molecule has 0 spiro atoms. The van der Waals surface area contributed by atoms with Gasteiger partial charge in [0.25, 0.3) is 11.8 Å². The monoisotopic (exact) mass is 386 g/mol. The van der Waals surface area contributed by atoms with E-state index < -0.39 is 0 Å². The maximum absolute atomic E-state index is 12.9. The van der Waals surface area contributed by atoms with Gasteiger partial charge in [-0.05, 0) is 44.1 Å². The van der Waals surface area contributed by atoms with E-state index in [0.29, 0.717) is 11.1 Å². The molecule has 0 aromatic heterocycles. The van der Waals surface area contributed by atoms with Gasteiger partial charge in [0, 0.05) is 63.5 Å². The third-order valence-corrected chi connectivity index (χ3v) is 5.76. The van der Waals surface area contributed by atoms with E-state index in [2.05, 4.69) is 23.6 Å². The molecule has 1 aromatic rings. The molecule has 6 heteroatoms. The molecule has 2 aliphatic rings. The van der Waals surface area contributed by atoms with Crippen LogP contribution in [0.5, 0.6) is 0 Å². The molecule has 2 aliphatic heterocycles. The Morgan fingerprint density at radius 2 is 1.11 bits per heavy atom. The molecule has 0 radical (unpaired) electrons. The molecule has 154 valence electrons. The van der Waals surface area contributed by atoms with Crippen LogP contribution in [0.3, 0.4) is 0 Å². The molecule has 0 aliphatic carbocycles. The second-order valence-electron chi connectivity index (χ2n) is 7.85. The van der Waals surface area contributed by atoms with Gasteiger partial charge in [-0.25, -0.2) is 0 Å². The molecule has 28 heavy (non-hydrogen) atoms. The molecule has 0 saturated carbocycles. The number of carbonyl (C=O) groups is 2. The van der Waals surface area contributed by atoms with Gasteiger partial charge in [-0.2, -0.15) is 0 Å². The largest absolute Gasteiger partial charge is 0.336 e. The van der Waals surface area contributed by atoms with Crippen molar-refractivity contribution < 1.29 is 9.59 Å². The Balaban J connectivity index is 1.59. The van der Waals surface area contributed by atoms with Crippen molar-refractivity contribution in [2.45, 2.75) is 26.7 Å². The second-order valence-corrected chi connectivity index (χ2v) is 7.85. The normalized spacial score (nSPS) is 19.1. The summed E-state index contributed by atoms with van der Waals surface area (Å²) in [6, 6.07) is 7.27. The summed E-state index contributed by atoms with van der Waals surface area (Å²) in [4.78, 5) is 34.5. The predicted octanol–water partition coefficient (Wildman–Crippen LogP) is 2.02. The summed E-state index contributed by atoms with van der Waals surface area (Å²) in [5.41, 5.74) is 1.25. The summed E-state index contributed by atoms with van der Waals surface area (Å²) < 4.78 is 0. The van der Waals surface area contributed by atoms with Crippen LogP contribution in [0.15, 0.2) is 24.3 Å². The summed E-state index contributed by atoms with van der Waals surface area (Å²) in [6.45, 7) is 13.3. The Labute approximate surface area is 169 Å². The number of rotatable bonds is 6. The van der Waals surface area contributed by atoms with Crippen molar-refractivity contribution in [2.75, 3.05) is 65.4 Å². The first-order valence-corrected chi connectivity index (χ1v) is 10.8. The van der Waals surface area contributed by atoms with Gasteiger partial charge in [0.15, 0.2) is 0 Å². The fourth-order valence-electron chi connectivity index (χ4n) is 4.13. The molecule has 2 amide bonds. The Morgan fingerprint density at radius 3 is 1.46 bits per heavy atom. The maximum atomic E-state index is 12.9. The minimum absolute atomic E-state index is 0.0403. The quantitative estimate of drug-likeness (QED) is 0.751. The summed E-state index contributed by atoms with van der Waals surface area (Å²) in [7, 11) is 0. The maximum Gasteiger partial charge on any atom is 0.253 e. The lowest BCUT2D eigenvalue weighted by atomic mass is 10.1. The zero-order valence-electron chi connectivity index (χ0n) is 17.4. The number of hydrogen-bond acceptors (Lipinski definition) is 4. The van der Waals surface area contributed by atoms with Crippen LogP contribution in [-0.2, 0) is 0 Å². The van der Waals surface area contributed by atoms with Gasteiger partial charge in [0.2, 0.25) is 0 Å². The topological polar surface area (TPSA) is 47.1 Å². The summed E-state index contributed by atoms with van der Waals surface area (Å²) in [5.74, 6) is 0.0807. The molecule has 2 saturated heterocycles. The molecule has 2 heterocycles. The van der Waals surface area contributed by atoms with Crippen LogP contribution in [-0.4, -0.2) is 96.9 Å². The van der Waals surface area contributed by atoms with Gasteiger partial charge in [-0.3, -0.25) is 19.4 Å². The standard InChI is InChI=1S/C22H34N4O2/c1-3-8-23-10-14-25(15-11-23)21(27)19-6-5-7-20(18-19)22(28)26-16-12-24(9-4-2)13-17-26/h5-7,18H,3-4,8-17H2,1-2H3. The van der Waals surface area contributed by atoms with E-state index in [1.165, 1.54) is 0 Å². The molecular formula is C22H34N4O2. The molecule has 1 aromatic carbocycles. The SMILES string of the molecule is CCCN1CCN(C(=O)c2cccc(C(=O)N3CCN(CCC)CC3)c2)CC1. The summed E-state index contributed by atoms with van der Waals surface area (Å²) >= 11 is 0. The number of amides is 2. The highest BCUT2D eigenvalue weighted by molar-refractivity contribution is 5.99. The van der Waals surface area contributed by atoms with E-state index in [-0.39, 0.29) is 11.8 Å². The highest BCUT2D eigenvalue weighted by Gasteiger charge is 2.24. The van der Waals surface area contributed by atoms with E-state index in [0.717, 1.165) is 78.3 Å². The van der Waals surface area contributed by atoms with Crippen molar-refractivity contribution in [3.05, 3.63) is 35.4 Å². The number of piperazine rings is 2. The van der Waals surface area contributed by atoms with Crippen molar-refractivity contribution >= 4 is 11.8 Å². The first-order chi connectivity index (χ1) is 13.6. The van der Waals surface area contributed by atoms with Gasteiger partial charge in [-0.15, -0.1) is 0 Å². The molecule has 0 bridgehead atoms.